The van der Waals surface area contributed by atoms with Gasteiger partial charge in [0.1, 0.15) is 16.5 Å². The molecule has 4 nitrogen and oxygen atoms in total. The second-order valence-corrected chi connectivity index (χ2v) is 6.40. The Hall–Kier alpha value is -1.05. The predicted molar refractivity (Wildman–Crippen MR) is 73.6 cm³/mol. The molecule has 1 aromatic carbocycles. The lowest BCUT2D eigenvalue weighted by Gasteiger charge is -2.21. The minimum atomic E-state index is -4.02. The molecule has 20 heavy (non-hydrogen) atoms. The molecule has 114 valence electrons. The van der Waals surface area contributed by atoms with Crippen LogP contribution in [0.1, 0.15) is 26.7 Å². The van der Waals surface area contributed by atoms with Gasteiger partial charge in [0.15, 0.2) is 0 Å². The third kappa shape index (κ3) is 4.22. The average Bonchev–Trinajstić information content (AvgIpc) is 2.37. The lowest BCUT2D eigenvalue weighted by molar-refractivity contribution is 0.392. The molecule has 0 bridgehead atoms. The largest absolute Gasteiger partial charge is 0.326 e. The maximum absolute atomic E-state index is 13.5. The fraction of sp³-hybridized carbons (Fsp3) is 0.538. The Balaban J connectivity index is 2.80. The Morgan fingerprint density at radius 3 is 2.35 bits per heavy atom. The molecule has 0 fully saturated rings. The first kappa shape index (κ1) is 17.0. The Labute approximate surface area is 118 Å². The van der Waals surface area contributed by atoms with E-state index < -0.39 is 26.6 Å². The van der Waals surface area contributed by atoms with Crippen LogP contribution in [-0.2, 0) is 10.0 Å². The highest BCUT2D eigenvalue weighted by atomic mass is 32.2. The van der Waals surface area contributed by atoms with E-state index in [0.29, 0.717) is 6.07 Å². The van der Waals surface area contributed by atoms with Gasteiger partial charge in [0.2, 0.25) is 10.0 Å². The Morgan fingerprint density at radius 2 is 1.85 bits per heavy atom. The number of hydrogen-bond acceptors (Lipinski definition) is 3. The number of rotatable bonds is 7. The average molecular weight is 306 g/mol. The molecule has 0 saturated heterocycles. The summed E-state index contributed by atoms with van der Waals surface area (Å²) in [6.45, 7) is 3.97. The summed E-state index contributed by atoms with van der Waals surface area (Å²) in [6.07, 6.45) is 1.68. The lowest BCUT2D eigenvalue weighted by Crippen LogP contribution is -2.41. The first-order valence-electron chi connectivity index (χ1n) is 6.52. The normalized spacial score (nSPS) is 13.7. The zero-order valence-corrected chi connectivity index (χ0v) is 12.4. The Kier molecular flexibility index (Phi) is 6.04. The molecule has 0 aromatic heterocycles. The molecule has 7 heteroatoms. The second kappa shape index (κ2) is 7.10. The minimum Gasteiger partial charge on any atom is -0.326 e. The van der Waals surface area contributed by atoms with E-state index in [1.165, 1.54) is 0 Å². The number of sulfonamides is 1. The molecule has 0 saturated carbocycles. The van der Waals surface area contributed by atoms with Crippen molar-refractivity contribution in [3.63, 3.8) is 0 Å². The van der Waals surface area contributed by atoms with Crippen LogP contribution in [0.3, 0.4) is 0 Å². The van der Waals surface area contributed by atoms with Gasteiger partial charge >= 0.3 is 0 Å². The molecule has 0 radical (unpaired) electrons. The van der Waals surface area contributed by atoms with Gasteiger partial charge in [-0.25, -0.2) is 21.9 Å². The van der Waals surface area contributed by atoms with Gasteiger partial charge in [0, 0.05) is 18.7 Å². The summed E-state index contributed by atoms with van der Waals surface area (Å²) in [5.41, 5.74) is 5.91. The standard InChI is InChI=1S/C13H20F2N2O2S/c1-3-9(4-2)12(16)8-17-20(18,19)13-6-5-10(14)7-11(13)15/h5-7,9,12,17H,3-4,8,16H2,1-2H3. The van der Waals surface area contributed by atoms with Crippen LogP contribution in [0.15, 0.2) is 23.1 Å². The quantitative estimate of drug-likeness (QED) is 0.809. The number of nitrogens with one attached hydrogen (secondary N) is 1. The fourth-order valence-corrected chi connectivity index (χ4v) is 3.17. The van der Waals surface area contributed by atoms with Gasteiger partial charge < -0.3 is 5.73 Å². The van der Waals surface area contributed by atoms with Crippen molar-refractivity contribution in [2.75, 3.05) is 6.54 Å². The van der Waals surface area contributed by atoms with Crippen LogP contribution in [0, 0.1) is 17.6 Å². The van der Waals surface area contributed by atoms with E-state index in [9.17, 15) is 17.2 Å². The van der Waals surface area contributed by atoms with E-state index in [0.717, 1.165) is 25.0 Å². The highest BCUT2D eigenvalue weighted by molar-refractivity contribution is 7.89. The molecule has 1 unspecified atom stereocenters. The summed E-state index contributed by atoms with van der Waals surface area (Å²) >= 11 is 0. The monoisotopic (exact) mass is 306 g/mol. The topological polar surface area (TPSA) is 72.2 Å². The van der Waals surface area contributed by atoms with Gasteiger partial charge in [-0.05, 0) is 18.1 Å². The fourth-order valence-electron chi connectivity index (χ4n) is 2.04. The molecule has 1 atom stereocenters. The van der Waals surface area contributed by atoms with E-state index in [4.69, 9.17) is 5.73 Å². The summed E-state index contributed by atoms with van der Waals surface area (Å²) in [5, 5.41) is 0. The van der Waals surface area contributed by atoms with Gasteiger partial charge in [-0.1, -0.05) is 26.7 Å². The summed E-state index contributed by atoms with van der Waals surface area (Å²) in [5.74, 6) is -1.75. The van der Waals surface area contributed by atoms with Crippen molar-refractivity contribution in [2.45, 2.75) is 37.6 Å². The first-order chi connectivity index (χ1) is 9.31. The van der Waals surface area contributed by atoms with Crippen LogP contribution in [0.2, 0.25) is 0 Å². The summed E-state index contributed by atoms with van der Waals surface area (Å²) in [6, 6.07) is 1.99. The van der Waals surface area contributed by atoms with Gasteiger partial charge in [0.25, 0.3) is 0 Å². The highest BCUT2D eigenvalue weighted by Crippen LogP contribution is 2.16. The predicted octanol–water partition coefficient (Wildman–Crippen LogP) is 2.01. The van der Waals surface area contributed by atoms with Crippen molar-refractivity contribution in [1.82, 2.24) is 4.72 Å². The molecule has 1 rings (SSSR count). The molecule has 0 aliphatic heterocycles. The lowest BCUT2D eigenvalue weighted by atomic mass is 9.95. The van der Waals surface area contributed by atoms with Crippen molar-refractivity contribution in [2.24, 2.45) is 11.7 Å². The van der Waals surface area contributed by atoms with E-state index >= 15 is 0 Å². The molecular weight excluding hydrogens is 286 g/mol. The maximum Gasteiger partial charge on any atom is 0.243 e. The van der Waals surface area contributed by atoms with Crippen molar-refractivity contribution >= 4 is 10.0 Å². The van der Waals surface area contributed by atoms with Crippen LogP contribution in [0.4, 0.5) is 8.78 Å². The van der Waals surface area contributed by atoms with Crippen LogP contribution in [0.5, 0.6) is 0 Å². The third-order valence-electron chi connectivity index (χ3n) is 3.35. The highest BCUT2D eigenvalue weighted by Gasteiger charge is 2.22. The zero-order chi connectivity index (χ0) is 15.3. The molecular formula is C13H20F2N2O2S. The van der Waals surface area contributed by atoms with Crippen LogP contribution in [0.25, 0.3) is 0 Å². The minimum absolute atomic E-state index is 0.0193. The second-order valence-electron chi connectivity index (χ2n) is 4.67. The Bertz CT molecular complexity index is 545. The van der Waals surface area contributed by atoms with Gasteiger partial charge in [-0.3, -0.25) is 0 Å². The van der Waals surface area contributed by atoms with Crippen molar-refractivity contribution in [3.05, 3.63) is 29.8 Å². The molecule has 0 spiro atoms. The van der Waals surface area contributed by atoms with E-state index in [1.807, 2.05) is 13.8 Å². The summed E-state index contributed by atoms with van der Waals surface area (Å²) in [4.78, 5) is -0.573. The zero-order valence-electron chi connectivity index (χ0n) is 11.6. The SMILES string of the molecule is CCC(CC)C(N)CNS(=O)(=O)c1ccc(F)cc1F. The summed E-state index contributed by atoms with van der Waals surface area (Å²) < 4.78 is 52.4. The number of nitrogens with two attached hydrogens (primary N) is 1. The van der Waals surface area contributed by atoms with Crippen molar-refractivity contribution in [1.29, 1.82) is 0 Å². The van der Waals surface area contributed by atoms with Crippen molar-refractivity contribution in [3.8, 4) is 0 Å². The van der Waals surface area contributed by atoms with Gasteiger partial charge in [0.05, 0.1) is 0 Å². The molecule has 0 amide bonds. The third-order valence-corrected chi connectivity index (χ3v) is 4.80. The summed E-state index contributed by atoms with van der Waals surface area (Å²) in [7, 11) is -4.02. The molecule has 3 N–H and O–H groups in total. The van der Waals surface area contributed by atoms with E-state index in [2.05, 4.69) is 4.72 Å². The maximum atomic E-state index is 13.5. The molecule has 0 aliphatic carbocycles. The van der Waals surface area contributed by atoms with E-state index in [1.54, 1.807) is 0 Å². The molecule has 0 heterocycles. The van der Waals surface area contributed by atoms with Crippen LogP contribution in [-0.4, -0.2) is 21.0 Å². The number of halogens is 2. The number of hydrogen-bond donors (Lipinski definition) is 2. The smallest absolute Gasteiger partial charge is 0.243 e. The van der Waals surface area contributed by atoms with Crippen LogP contribution >= 0.6 is 0 Å². The Morgan fingerprint density at radius 1 is 1.25 bits per heavy atom. The number of benzene rings is 1. The first-order valence-corrected chi connectivity index (χ1v) is 8.00. The molecule has 1 aromatic rings. The van der Waals surface area contributed by atoms with Gasteiger partial charge in [-0.15, -0.1) is 0 Å². The van der Waals surface area contributed by atoms with E-state index in [-0.39, 0.29) is 18.5 Å². The van der Waals surface area contributed by atoms with Crippen LogP contribution < -0.4 is 10.5 Å². The molecule has 0 aliphatic rings. The van der Waals surface area contributed by atoms with Gasteiger partial charge in [-0.2, -0.15) is 0 Å². The van der Waals surface area contributed by atoms with Crippen molar-refractivity contribution < 1.29 is 17.2 Å².